The van der Waals surface area contributed by atoms with Crippen LogP contribution in [0.1, 0.15) is 64.4 Å². The molecule has 0 bridgehead atoms. The van der Waals surface area contributed by atoms with Gasteiger partial charge in [-0.25, -0.2) is 4.79 Å². The third kappa shape index (κ3) is 7.46. The van der Waals surface area contributed by atoms with Crippen molar-refractivity contribution < 1.29 is 52.7 Å². The molecule has 3 rings (SSSR count). The van der Waals surface area contributed by atoms with Crippen LogP contribution in [0.4, 0.5) is 0 Å². The summed E-state index contributed by atoms with van der Waals surface area (Å²) in [7, 11) is 1.11. The second-order valence-electron chi connectivity index (χ2n) is 9.81. The highest BCUT2D eigenvalue weighted by Gasteiger charge is 2.55. The topological polar surface area (TPSA) is 170 Å². The molecule has 3 N–H and O–H groups in total. The summed E-state index contributed by atoms with van der Waals surface area (Å²) in [5.74, 6) is -3.25. The SMILES string of the molecule is COC(=O)[C@H]1O[C@@H](Oc2ccc([C@H](CN)C3(O)CCCCC3)cc2)[C@H](OC(C)=O)[C@@H](OC(C)=O)[C@@H]1OC(C)=O. The Morgan fingerprint density at radius 1 is 0.923 bits per heavy atom. The molecular formula is C27H37NO11. The van der Waals surface area contributed by atoms with E-state index >= 15 is 0 Å². The average Bonchev–Trinajstić information content (AvgIpc) is 2.87. The van der Waals surface area contributed by atoms with Crippen LogP contribution >= 0.6 is 0 Å². The third-order valence-corrected chi connectivity index (χ3v) is 6.97. The van der Waals surface area contributed by atoms with Gasteiger partial charge in [-0.3, -0.25) is 14.4 Å². The van der Waals surface area contributed by atoms with Crippen molar-refractivity contribution in [2.24, 2.45) is 5.73 Å². The molecule has 1 aliphatic heterocycles. The van der Waals surface area contributed by atoms with Gasteiger partial charge in [-0.1, -0.05) is 31.4 Å². The summed E-state index contributed by atoms with van der Waals surface area (Å²) < 4.78 is 32.5. The molecule has 6 atom stereocenters. The predicted molar refractivity (Wildman–Crippen MR) is 134 cm³/mol. The first-order valence-corrected chi connectivity index (χ1v) is 12.9. The van der Waals surface area contributed by atoms with Crippen LogP contribution in [-0.4, -0.2) is 78.9 Å². The molecule has 1 aromatic carbocycles. The number of rotatable bonds is 9. The van der Waals surface area contributed by atoms with E-state index in [-0.39, 0.29) is 18.2 Å². The standard InChI is InChI=1S/C27H37NO11/c1-15(29)35-21-22(36-16(2)30)24(37-17(3)31)26(39-23(21)25(32)34-4)38-19-10-8-18(9-11-19)20(14-28)27(33)12-6-5-7-13-27/h8-11,20-24,26,33H,5-7,12-14,28H2,1-4H3/t20-,21-,22-,23-,24+,26+/m0/s1. The molecule has 0 radical (unpaired) electrons. The van der Waals surface area contributed by atoms with Crippen LogP contribution in [0.15, 0.2) is 24.3 Å². The van der Waals surface area contributed by atoms with Gasteiger partial charge in [0.1, 0.15) is 5.75 Å². The first kappa shape index (κ1) is 30.3. The zero-order chi connectivity index (χ0) is 28.7. The fourth-order valence-corrected chi connectivity index (χ4v) is 5.27. The molecular weight excluding hydrogens is 514 g/mol. The summed E-state index contributed by atoms with van der Waals surface area (Å²) in [4.78, 5) is 48.3. The third-order valence-electron chi connectivity index (χ3n) is 6.97. The van der Waals surface area contributed by atoms with E-state index in [9.17, 15) is 24.3 Å². The zero-order valence-electron chi connectivity index (χ0n) is 22.6. The van der Waals surface area contributed by atoms with Gasteiger partial charge in [0.05, 0.1) is 12.7 Å². The summed E-state index contributed by atoms with van der Waals surface area (Å²) in [6.45, 7) is 3.61. The molecule has 0 aromatic heterocycles. The summed E-state index contributed by atoms with van der Waals surface area (Å²) in [6, 6.07) is 6.80. The first-order chi connectivity index (χ1) is 18.5. The van der Waals surface area contributed by atoms with E-state index in [1.165, 1.54) is 0 Å². The number of carbonyl (C=O) groups excluding carboxylic acids is 4. The van der Waals surface area contributed by atoms with Crippen LogP contribution in [-0.2, 0) is 42.9 Å². The lowest BCUT2D eigenvalue weighted by Gasteiger charge is -2.43. The molecule has 39 heavy (non-hydrogen) atoms. The van der Waals surface area contributed by atoms with E-state index in [1.807, 2.05) is 0 Å². The summed E-state index contributed by atoms with van der Waals surface area (Å²) in [5, 5.41) is 11.2. The van der Waals surface area contributed by atoms with Crippen LogP contribution in [0, 0.1) is 0 Å². The molecule has 1 aliphatic carbocycles. The van der Waals surface area contributed by atoms with Crippen LogP contribution in [0.5, 0.6) is 5.75 Å². The van der Waals surface area contributed by atoms with Crippen LogP contribution in [0.2, 0.25) is 0 Å². The highest BCUT2D eigenvalue weighted by atomic mass is 16.7. The van der Waals surface area contributed by atoms with Crippen molar-refractivity contribution in [1.29, 1.82) is 0 Å². The molecule has 1 saturated heterocycles. The highest BCUT2D eigenvalue weighted by molar-refractivity contribution is 5.77. The largest absolute Gasteiger partial charge is 0.467 e. The normalized spacial score (nSPS) is 27.0. The minimum atomic E-state index is -1.55. The van der Waals surface area contributed by atoms with Gasteiger partial charge >= 0.3 is 23.9 Å². The maximum Gasteiger partial charge on any atom is 0.339 e. The van der Waals surface area contributed by atoms with Gasteiger partial charge in [0.2, 0.25) is 12.4 Å². The molecule has 1 heterocycles. The number of nitrogens with two attached hydrogens (primary N) is 1. The van der Waals surface area contributed by atoms with E-state index in [0.717, 1.165) is 52.7 Å². The molecule has 12 nitrogen and oxygen atoms in total. The van der Waals surface area contributed by atoms with Crippen molar-refractivity contribution in [3.63, 3.8) is 0 Å². The predicted octanol–water partition coefficient (Wildman–Crippen LogP) is 1.50. The maximum atomic E-state index is 12.6. The molecule has 216 valence electrons. The Balaban J connectivity index is 1.92. The first-order valence-electron chi connectivity index (χ1n) is 12.9. The number of esters is 4. The molecule has 1 saturated carbocycles. The molecule has 0 amide bonds. The van der Waals surface area contributed by atoms with E-state index in [0.29, 0.717) is 12.8 Å². The van der Waals surface area contributed by atoms with Crippen molar-refractivity contribution in [2.75, 3.05) is 13.7 Å². The number of ether oxygens (including phenoxy) is 6. The van der Waals surface area contributed by atoms with Crippen LogP contribution < -0.4 is 10.5 Å². The summed E-state index contributed by atoms with van der Waals surface area (Å²) in [5.41, 5.74) is 5.99. The Kier molecular flexibility index (Phi) is 10.3. The average molecular weight is 552 g/mol. The van der Waals surface area contributed by atoms with Gasteiger partial charge in [0.15, 0.2) is 18.3 Å². The summed E-state index contributed by atoms with van der Waals surface area (Å²) >= 11 is 0. The van der Waals surface area contributed by atoms with Crippen molar-refractivity contribution in [3.8, 4) is 5.75 Å². The van der Waals surface area contributed by atoms with Gasteiger partial charge in [0.25, 0.3) is 0 Å². The monoisotopic (exact) mass is 551 g/mol. The molecule has 12 heteroatoms. The lowest BCUT2D eigenvalue weighted by atomic mass is 9.73. The van der Waals surface area contributed by atoms with Gasteiger partial charge in [-0.15, -0.1) is 0 Å². The number of hydrogen-bond acceptors (Lipinski definition) is 12. The fourth-order valence-electron chi connectivity index (χ4n) is 5.27. The number of benzene rings is 1. The summed E-state index contributed by atoms with van der Waals surface area (Å²) in [6.07, 6.45) is -3.05. The van der Waals surface area contributed by atoms with Crippen LogP contribution in [0.25, 0.3) is 0 Å². The van der Waals surface area contributed by atoms with Gasteiger partial charge in [-0.05, 0) is 30.5 Å². The quantitative estimate of drug-likeness (QED) is 0.335. The van der Waals surface area contributed by atoms with E-state index in [1.54, 1.807) is 24.3 Å². The van der Waals surface area contributed by atoms with E-state index < -0.39 is 60.2 Å². The Bertz CT molecular complexity index is 1020. The van der Waals surface area contributed by atoms with Crippen molar-refractivity contribution in [2.45, 2.75) is 95.1 Å². The minimum absolute atomic E-state index is 0.263. The van der Waals surface area contributed by atoms with Crippen molar-refractivity contribution in [1.82, 2.24) is 0 Å². The Morgan fingerprint density at radius 3 is 1.97 bits per heavy atom. The van der Waals surface area contributed by atoms with E-state index in [2.05, 4.69) is 0 Å². The number of methoxy groups -OCH3 is 1. The lowest BCUT2D eigenvalue weighted by Crippen LogP contribution is -2.64. The number of carbonyl (C=O) groups is 4. The Hall–Kier alpha value is -3.22. The molecule has 0 spiro atoms. The Morgan fingerprint density at radius 2 is 1.46 bits per heavy atom. The smallest absolute Gasteiger partial charge is 0.339 e. The van der Waals surface area contributed by atoms with Gasteiger partial charge < -0.3 is 39.3 Å². The second-order valence-corrected chi connectivity index (χ2v) is 9.81. The fraction of sp³-hybridized carbons (Fsp3) is 0.630. The second kappa shape index (κ2) is 13.2. The van der Waals surface area contributed by atoms with E-state index in [4.69, 9.17) is 34.2 Å². The number of hydrogen-bond donors (Lipinski definition) is 2. The Labute approximate surface area is 227 Å². The molecule has 2 aliphatic rings. The minimum Gasteiger partial charge on any atom is -0.467 e. The van der Waals surface area contributed by atoms with Crippen molar-refractivity contribution >= 4 is 23.9 Å². The van der Waals surface area contributed by atoms with Crippen LogP contribution in [0.3, 0.4) is 0 Å². The highest BCUT2D eigenvalue weighted by Crippen LogP contribution is 2.40. The molecule has 0 unspecified atom stereocenters. The zero-order valence-corrected chi connectivity index (χ0v) is 22.6. The van der Waals surface area contributed by atoms with Gasteiger partial charge in [0, 0.05) is 33.2 Å². The van der Waals surface area contributed by atoms with Crippen molar-refractivity contribution in [3.05, 3.63) is 29.8 Å². The number of aliphatic hydroxyl groups is 1. The van der Waals surface area contributed by atoms with Gasteiger partial charge in [-0.2, -0.15) is 0 Å². The molecule has 1 aromatic rings. The molecule has 2 fully saturated rings. The maximum absolute atomic E-state index is 12.6. The lowest BCUT2D eigenvalue weighted by molar-refractivity contribution is -0.282.